The Morgan fingerprint density at radius 1 is 1.23 bits per heavy atom. The van der Waals surface area contributed by atoms with Crippen LogP contribution >= 0.6 is 23.2 Å². The van der Waals surface area contributed by atoms with Crippen LogP contribution in [-0.2, 0) is 16.0 Å². The van der Waals surface area contributed by atoms with E-state index >= 15 is 0 Å². The van der Waals surface area contributed by atoms with Crippen LogP contribution in [0.2, 0.25) is 10.0 Å². The van der Waals surface area contributed by atoms with Gasteiger partial charge in [-0.1, -0.05) is 29.3 Å². The molecule has 1 aromatic carbocycles. The Hall–Kier alpha value is -0.810. The van der Waals surface area contributed by atoms with Gasteiger partial charge in [-0.3, -0.25) is 4.79 Å². The summed E-state index contributed by atoms with van der Waals surface area (Å²) in [7, 11) is 0. The van der Waals surface area contributed by atoms with Crippen LogP contribution in [-0.4, -0.2) is 28.6 Å². The highest BCUT2D eigenvalue weighted by molar-refractivity contribution is 6.36. The molecule has 1 aliphatic rings. The number of carbonyl (C=O) groups excluding carboxylic acids is 1. The van der Waals surface area contributed by atoms with E-state index in [2.05, 4.69) is 0 Å². The molecule has 1 aliphatic carbocycles. The smallest absolute Gasteiger partial charge is 0.306 e. The predicted molar refractivity (Wildman–Crippen MR) is 87.1 cm³/mol. The molecule has 0 amide bonds. The summed E-state index contributed by atoms with van der Waals surface area (Å²) in [6, 6.07) is 5.29. The molecule has 0 atom stereocenters. The van der Waals surface area contributed by atoms with Gasteiger partial charge >= 0.3 is 5.97 Å². The van der Waals surface area contributed by atoms with Gasteiger partial charge in [0.15, 0.2) is 5.79 Å². The van der Waals surface area contributed by atoms with Gasteiger partial charge in [0.1, 0.15) is 0 Å². The van der Waals surface area contributed by atoms with Gasteiger partial charge in [0.25, 0.3) is 0 Å². The van der Waals surface area contributed by atoms with E-state index in [1.165, 1.54) is 0 Å². The number of carbonyl (C=O) groups is 1. The standard InChI is InChI=1S/C11H12Cl2O2.C5H10O2/c1-2-15-11(14)7-6-8-9(12)4-3-5-10(8)13;6-5(7)3-1-2-4-5/h3-5H,2,6-7H2,1H3;6-7H,1-4H2. The van der Waals surface area contributed by atoms with Gasteiger partial charge in [-0.25, -0.2) is 0 Å². The fraction of sp³-hybridized carbons (Fsp3) is 0.562. The van der Waals surface area contributed by atoms with Crippen LogP contribution in [0, 0.1) is 0 Å². The van der Waals surface area contributed by atoms with Crippen LogP contribution in [0.25, 0.3) is 0 Å². The van der Waals surface area contributed by atoms with E-state index in [-0.39, 0.29) is 5.97 Å². The fourth-order valence-electron chi connectivity index (χ4n) is 2.17. The van der Waals surface area contributed by atoms with Gasteiger partial charge in [-0.15, -0.1) is 0 Å². The third-order valence-corrected chi connectivity index (χ3v) is 4.06. The second-order valence-corrected chi connectivity index (χ2v) is 6.01. The summed E-state index contributed by atoms with van der Waals surface area (Å²) in [5.41, 5.74) is 0.800. The van der Waals surface area contributed by atoms with Crippen LogP contribution in [0.3, 0.4) is 0 Å². The minimum Gasteiger partial charge on any atom is -0.466 e. The summed E-state index contributed by atoms with van der Waals surface area (Å²) in [4.78, 5) is 11.1. The fourth-order valence-corrected chi connectivity index (χ4v) is 2.76. The second-order valence-electron chi connectivity index (χ2n) is 5.19. The van der Waals surface area contributed by atoms with Crippen molar-refractivity contribution < 1.29 is 19.7 Å². The van der Waals surface area contributed by atoms with Gasteiger partial charge in [0, 0.05) is 29.3 Å². The highest BCUT2D eigenvalue weighted by Gasteiger charge is 2.26. The predicted octanol–water partition coefficient (Wildman–Crippen LogP) is 3.73. The summed E-state index contributed by atoms with van der Waals surface area (Å²) in [5, 5.41) is 18.7. The molecule has 1 aromatic rings. The van der Waals surface area contributed by atoms with Crippen molar-refractivity contribution in [2.24, 2.45) is 0 Å². The molecular formula is C16H22Cl2O4. The van der Waals surface area contributed by atoms with E-state index in [9.17, 15) is 4.79 Å². The number of aliphatic hydroxyl groups is 2. The Morgan fingerprint density at radius 3 is 2.18 bits per heavy atom. The first-order valence-corrected chi connectivity index (χ1v) is 8.14. The SMILES string of the molecule is CCOC(=O)CCc1c(Cl)cccc1Cl.OC1(O)CCCC1. The molecular weight excluding hydrogens is 327 g/mol. The third-order valence-electron chi connectivity index (χ3n) is 3.35. The lowest BCUT2D eigenvalue weighted by Gasteiger charge is -2.11. The van der Waals surface area contributed by atoms with Crippen molar-refractivity contribution in [3.63, 3.8) is 0 Å². The summed E-state index contributed by atoms with van der Waals surface area (Å²) >= 11 is 11.9. The monoisotopic (exact) mass is 348 g/mol. The molecule has 0 saturated heterocycles. The Kier molecular flexibility index (Phi) is 8.18. The molecule has 0 aliphatic heterocycles. The minimum absolute atomic E-state index is 0.228. The average molecular weight is 349 g/mol. The molecule has 2 N–H and O–H groups in total. The molecule has 4 nitrogen and oxygen atoms in total. The second kappa shape index (κ2) is 9.36. The van der Waals surface area contributed by atoms with E-state index in [0.717, 1.165) is 18.4 Å². The van der Waals surface area contributed by atoms with E-state index in [0.29, 0.717) is 42.3 Å². The number of halogens is 2. The van der Waals surface area contributed by atoms with Crippen LogP contribution in [0.5, 0.6) is 0 Å². The molecule has 0 spiro atoms. The van der Waals surface area contributed by atoms with Gasteiger partial charge in [0.2, 0.25) is 0 Å². The molecule has 0 heterocycles. The van der Waals surface area contributed by atoms with Crippen LogP contribution in [0.1, 0.15) is 44.6 Å². The topological polar surface area (TPSA) is 66.8 Å². The molecule has 1 fully saturated rings. The lowest BCUT2D eigenvalue weighted by molar-refractivity contribution is -0.152. The van der Waals surface area contributed by atoms with Gasteiger partial charge in [-0.2, -0.15) is 0 Å². The Bertz CT molecular complexity index is 461. The first-order valence-electron chi connectivity index (χ1n) is 7.39. The summed E-state index contributed by atoms with van der Waals surface area (Å²) in [6.45, 7) is 2.18. The summed E-state index contributed by atoms with van der Waals surface area (Å²) in [5.74, 6) is -1.53. The maximum absolute atomic E-state index is 11.1. The van der Waals surface area contributed by atoms with Crippen LogP contribution in [0.15, 0.2) is 18.2 Å². The van der Waals surface area contributed by atoms with Crippen molar-refractivity contribution in [1.29, 1.82) is 0 Å². The van der Waals surface area contributed by atoms with Crippen molar-refractivity contribution in [2.45, 2.75) is 51.2 Å². The van der Waals surface area contributed by atoms with E-state index in [1.54, 1.807) is 25.1 Å². The van der Waals surface area contributed by atoms with E-state index < -0.39 is 5.79 Å². The zero-order chi connectivity index (χ0) is 16.6. The first kappa shape index (κ1) is 19.2. The first-order chi connectivity index (χ1) is 10.4. The molecule has 0 unspecified atom stereocenters. The lowest BCUT2D eigenvalue weighted by atomic mass is 10.1. The third kappa shape index (κ3) is 6.97. The van der Waals surface area contributed by atoms with Gasteiger partial charge < -0.3 is 14.9 Å². The Labute approximate surface area is 141 Å². The van der Waals surface area contributed by atoms with Crippen LogP contribution in [0.4, 0.5) is 0 Å². The molecule has 0 bridgehead atoms. The van der Waals surface area contributed by atoms with Crippen molar-refractivity contribution >= 4 is 29.2 Å². The maximum atomic E-state index is 11.1. The molecule has 124 valence electrons. The molecule has 22 heavy (non-hydrogen) atoms. The van der Waals surface area contributed by atoms with Gasteiger partial charge in [-0.05, 0) is 43.9 Å². The largest absolute Gasteiger partial charge is 0.466 e. The normalized spacial score (nSPS) is 15.9. The number of esters is 1. The average Bonchev–Trinajstić information content (AvgIpc) is 2.84. The van der Waals surface area contributed by atoms with E-state index in [4.69, 9.17) is 38.2 Å². The van der Waals surface area contributed by atoms with Crippen molar-refractivity contribution in [2.75, 3.05) is 6.61 Å². The maximum Gasteiger partial charge on any atom is 0.306 e. The molecule has 6 heteroatoms. The quantitative estimate of drug-likeness (QED) is 0.642. The Balaban J connectivity index is 0.000000287. The van der Waals surface area contributed by atoms with Crippen molar-refractivity contribution in [3.05, 3.63) is 33.8 Å². The molecule has 0 aromatic heterocycles. The number of hydrogen-bond donors (Lipinski definition) is 2. The van der Waals surface area contributed by atoms with Crippen molar-refractivity contribution in [1.82, 2.24) is 0 Å². The minimum atomic E-state index is -1.31. The zero-order valence-electron chi connectivity index (χ0n) is 12.6. The van der Waals surface area contributed by atoms with E-state index in [1.807, 2.05) is 0 Å². The van der Waals surface area contributed by atoms with Gasteiger partial charge in [0.05, 0.1) is 6.61 Å². The summed E-state index contributed by atoms with van der Waals surface area (Å²) in [6.07, 6.45) is 3.87. The number of rotatable bonds is 4. The molecule has 1 saturated carbocycles. The highest BCUT2D eigenvalue weighted by Crippen LogP contribution is 2.26. The zero-order valence-corrected chi connectivity index (χ0v) is 14.2. The van der Waals surface area contributed by atoms with Crippen molar-refractivity contribution in [3.8, 4) is 0 Å². The number of hydrogen-bond acceptors (Lipinski definition) is 4. The number of ether oxygens (including phenoxy) is 1. The lowest BCUT2D eigenvalue weighted by Crippen LogP contribution is -2.21. The Morgan fingerprint density at radius 2 is 1.77 bits per heavy atom. The molecule has 0 radical (unpaired) electrons. The van der Waals surface area contributed by atoms with Crippen LogP contribution < -0.4 is 0 Å². The molecule has 2 rings (SSSR count). The highest BCUT2D eigenvalue weighted by atomic mass is 35.5. The number of benzene rings is 1. The summed E-state index contributed by atoms with van der Waals surface area (Å²) < 4.78 is 4.82.